The van der Waals surface area contributed by atoms with Crippen molar-refractivity contribution >= 4 is 6.01 Å². The molecular formula is C12H23N5O. The Bertz CT molecular complexity index is 378. The van der Waals surface area contributed by atoms with Crippen LogP contribution < -0.4 is 10.2 Å². The van der Waals surface area contributed by atoms with Gasteiger partial charge in [-0.2, -0.15) is 0 Å². The van der Waals surface area contributed by atoms with Crippen LogP contribution in [-0.4, -0.2) is 53.9 Å². The van der Waals surface area contributed by atoms with Gasteiger partial charge in [-0.15, -0.1) is 5.10 Å². The van der Waals surface area contributed by atoms with E-state index in [0.717, 1.165) is 19.6 Å². The van der Waals surface area contributed by atoms with Crippen molar-refractivity contribution in [1.82, 2.24) is 20.4 Å². The molecule has 6 heteroatoms. The zero-order chi connectivity index (χ0) is 13.1. The molecule has 0 saturated carbocycles. The first-order valence-corrected chi connectivity index (χ1v) is 6.57. The maximum atomic E-state index is 5.70. The lowest BCUT2D eigenvalue weighted by atomic mass is 10.2. The van der Waals surface area contributed by atoms with Crippen LogP contribution in [0, 0.1) is 0 Å². The Morgan fingerprint density at radius 3 is 2.83 bits per heavy atom. The second kappa shape index (κ2) is 5.67. The molecule has 0 spiro atoms. The van der Waals surface area contributed by atoms with E-state index in [1.807, 2.05) is 0 Å². The van der Waals surface area contributed by atoms with Crippen molar-refractivity contribution in [2.45, 2.75) is 39.4 Å². The minimum absolute atomic E-state index is 0.412. The molecule has 0 radical (unpaired) electrons. The summed E-state index contributed by atoms with van der Waals surface area (Å²) in [5.74, 6) is 0.657. The van der Waals surface area contributed by atoms with Crippen molar-refractivity contribution < 1.29 is 4.42 Å². The number of anilines is 1. The van der Waals surface area contributed by atoms with Crippen LogP contribution in [-0.2, 0) is 6.54 Å². The molecule has 2 rings (SSSR count). The van der Waals surface area contributed by atoms with Gasteiger partial charge >= 0.3 is 6.01 Å². The Kier molecular flexibility index (Phi) is 4.19. The maximum absolute atomic E-state index is 5.70. The first-order valence-electron chi connectivity index (χ1n) is 6.57. The van der Waals surface area contributed by atoms with Gasteiger partial charge in [0.2, 0.25) is 5.89 Å². The van der Waals surface area contributed by atoms with Crippen molar-refractivity contribution in [3.05, 3.63) is 5.89 Å². The highest BCUT2D eigenvalue weighted by Crippen LogP contribution is 2.18. The predicted molar refractivity (Wildman–Crippen MR) is 70.6 cm³/mol. The van der Waals surface area contributed by atoms with Gasteiger partial charge in [0, 0.05) is 31.7 Å². The van der Waals surface area contributed by atoms with E-state index in [1.165, 1.54) is 0 Å². The first kappa shape index (κ1) is 13.3. The second-order valence-electron chi connectivity index (χ2n) is 5.32. The molecule has 1 aromatic rings. The quantitative estimate of drug-likeness (QED) is 0.853. The van der Waals surface area contributed by atoms with E-state index in [9.17, 15) is 0 Å². The third-order valence-corrected chi connectivity index (χ3v) is 3.19. The lowest BCUT2D eigenvalue weighted by Gasteiger charge is -2.36. The van der Waals surface area contributed by atoms with E-state index in [4.69, 9.17) is 4.42 Å². The van der Waals surface area contributed by atoms with Crippen LogP contribution in [0.3, 0.4) is 0 Å². The van der Waals surface area contributed by atoms with Crippen LogP contribution in [0.15, 0.2) is 4.42 Å². The van der Waals surface area contributed by atoms with Crippen LogP contribution in [0.4, 0.5) is 6.01 Å². The summed E-state index contributed by atoms with van der Waals surface area (Å²) in [6, 6.07) is 1.48. The zero-order valence-electron chi connectivity index (χ0n) is 11.7. The summed E-state index contributed by atoms with van der Waals surface area (Å²) < 4.78 is 5.70. The molecule has 1 fully saturated rings. The smallest absolute Gasteiger partial charge is 0.318 e. The van der Waals surface area contributed by atoms with Crippen molar-refractivity contribution in [2.24, 2.45) is 0 Å². The molecule has 1 N–H and O–H groups in total. The average Bonchev–Trinajstić information content (AvgIpc) is 2.75. The maximum Gasteiger partial charge on any atom is 0.318 e. The molecular weight excluding hydrogens is 230 g/mol. The van der Waals surface area contributed by atoms with Gasteiger partial charge in [0.05, 0.1) is 6.54 Å². The van der Waals surface area contributed by atoms with E-state index in [0.29, 0.717) is 30.5 Å². The molecule has 1 aliphatic heterocycles. The molecule has 18 heavy (non-hydrogen) atoms. The largest absolute Gasteiger partial charge is 0.407 e. The monoisotopic (exact) mass is 253 g/mol. The van der Waals surface area contributed by atoms with Crippen molar-refractivity contribution in [1.29, 1.82) is 0 Å². The Morgan fingerprint density at radius 1 is 1.39 bits per heavy atom. The lowest BCUT2D eigenvalue weighted by molar-refractivity contribution is 0.266. The number of hydrogen-bond acceptors (Lipinski definition) is 6. The summed E-state index contributed by atoms with van der Waals surface area (Å²) in [7, 11) is 2.14. The topological polar surface area (TPSA) is 57.4 Å². The Hall–Kier alpha value is -1.14. The minimum Gasteiger partial charge on any atom is -0.407 e. The van der Waals surface area contributed by atoms with E-state index < -0.39 is 0 Å². The summed E-state index contributed by atoms with van der Waals surface area (Å²) in [4.78, 5) is 4.50. The standard InChI is InChI=1S/C12H23N5O/c1-9(2)13-7-11-14-15-12(18-11)17-6-5-16(4)8-10(17)3/h9-10,13H,5-8H2,1-4H3. The molecule has 0 aromatic carbocycles. The fourth-order valence-electron chi connectivity index (χ4n) is 2.15. The fourth-order valence-corrected chi connectivity index (χ4v) is 2.15. The number of rotatable bonds is 4. The number of aromatic nitrogens is 2. The summed E-state index contributed by atoms with van der Waals surface area (Å²) in [6.45, 7) is 10.0. The van der Waals surface area contributed by atoms with Gasteiger partial charge in [0.25, 0.3) is 0 Å². The van der Waals surface area contributed by atoms with Crippen LogP contribution in [0.25, 0.3) is 0 Å². The Labute approximate surface area is 108 Å². The minimum atomic E-state index is 0.412. The average molecular weight is 253 g/mol. The van der Waals surface area contributed by atoms with Crippen molar-refractivity contribution in [3.8, 4) is 0 Å². The van der Waals surface area contributed by atoms with E-state index in [1.54, 1.807) is 0 Å². The Balaban J connectivity index is 1.96. The van der Waals surface area contributed by atoms with Crippen LogP contribution >= 0.6 is 0 Å². The highest BCUT2D eigenvalue weighted by atomic mass is 16.4. The number of piperazine rings is 1. The molecule has 1 saturated heterocycles. The fraction of sp³-hybridized carbons (Fsp3) is 0.833. The van der Waals surface area contributed by atoms with Gasteiger partial charge in [-0.3, -0.25) is 0 Å². The number of likely N-dealkylation sites (N-methyl/N-ethyl adjacent to an activating group) is 1. The van der Waals surface area contributed by atoms with E-state index in [2.05, 4.69) is 53.1 Å². The molecule has 0 bridgehead atoms. The van der Waals surface area contributed by atoms with Crippen LogP contribution in [0.2, 0.25) is 0 Å². The normalized spacial score (nSPS) is 21.8. The van der Waals surface area contributed by atoms with Crippen molar-refractivity contribution in [2.75, 3.05) is 31.6 Å². The lowest BCUT2D eigenvalue weighted by Crippen LogP contribution is -2.50. The predicted octanol–water partition coefficient (Wildman–Crippen LogP) is 0.708. The molecule has 1 aliphatic rings. The molecule has 1 atom stereocenters. The first-order chi connectivity index (χ1) is 8.56. The number of hydrogen-bond donors (Lipinski definition) is 1. The molecule has 1 unspecified atom stereocenters. The van der Waals surface area contributed by atoms with Crippen LogP contribution in [0.1, 0.15) is 26.7 Å². The summed E-state index contributed by atoms with van der Waals surface area (Å²) >= 11 is 0. The molecule has 0 aliphatic carbocycles. The molecule has 2 heterocycles. The summed E-state index contributed by atoms with van der Waals surface area (Å²) in [6.07, 6.45) is 0. The second-order valence-corrected chi connectivity index (χ2v) is 5.32. The third-order valence-electron chi connectivity index (χ3n) is 3.19. The number of nitrogens with zero attached hydrogens (tertiary/aromatic N) is 4. The third kappa shape index (κ3) is 3.20. The Morgan fingerprint density at radius 2 is 2.17 bits per heavy atom. The van der Waals surface area contributed by atoms with E-state index >= 15 is 0 Å². The SMILES string of the molecule is CC(C)NCc1nnc(N2CCN(C)CC2C)o1. The van der Waals surface area contributed by atoms with Crippen molar-refractivity contribution in [3.63, 3.8) is 0 Å². The van der Waals surface area contributed by atoms with Gasteiger partial charge in [0.15, 0.2) is 0 Å². The van der Waals surface area contributed by atoms with Gasteiger partial charge in [0.1, 0.15) is 0 Å². The zero-order valence-corrected chi connectivity index (χ0v) is 11.7. The summed E-state index contributed by atoms with van der Waals surface area (Å²) in [5.41, 5.74) is 0. The summed E-state index contributed by atoms with van der Waals surface area (Å²) in [5, 5.41) is 11.5. The molecule has 6 nitrogen and oxygen atoms in total. The highest BCUT2D eigenvalue weighted by Gasteiger charge is 2.25. The van der Waals surface area contributed by atoms with Gasteiger partial charge in [-0.25, -0.2) is 0 Å². The van der Waals surface area contributed by atoms with Gasteiger partial charge < -0.3 is 19.5 Å². The van der Waals surface area contributed by atoms with E-state index in [-0.39, 0.29) is 0 Å². The molecule has 1 aromatic heterocycles. The highest BCUT2D eigenvalue weighted by molar-refractivity contribution is 5.27. The molecule has 102 valence electrons. The van der Waals surface area contributed by atoms with Gasteiger partial charge in [-0.1, -0.05) is 18.9 Å². The van der Waals surface area contributed by atoms with Crippen LogP contribution in [0.5, 0.6) is 0 Å². The molecule has 0 amide bonds. The number of nitrogens with one attached hydrogen (secondary N) is 1. The van der Waals surface area contributed by atoms with Gasteiger partial charge in [-0.05, 0) is 14.0 Å².